The average Bonchev–Trinajstić information content (AvgIpc) is 2.39. The highest BCUT2D eigenvalue weighted by atomic mass is 32.2. The monoisotopic (exact) mass is 309 g/mol. The van der Waals surface area contributed by atoms with Crippen molar-refractivity contribution in [1.29, 1.82) is 0 Å². The molecular weight excluding hydrogens is 286 g/mol. The molecule has 0 aliphatic carbocycles. The van der Waals surface area contributed by atoms with Gasteiger partial charge in [0.1, 0.15) is 5.37 Å². The lowest BCUT2D eigenvalue weighted by atomic mass is 10.1. The van der Waals surface area contributed by atoms with E-state index in [0.717, 1.165) is 5.75 Å². The molecule has 0 aromatic rings. The maximum atomic E-state index is 12.1. The third-order valence-corrected chi connectivity index (χ3v) is 6.54. The van der Waals surface area contributed by atoms with Crippen molar-refractivity contribution in [3.63, 3.8) is 0 Å². The van der Waals surface area contributed by atoms with Crippen molar-refractivity contribution < 1.29 is 17.9 Å². The Labute approximate surface area is 120 Å². The average molecular weight is 309 g/mol. The molecule has 1 rings (SSSR count). The van der Waals surface area contributed by atoms with Crippen molar-refractivity contribution in [3.05, 3.63) is 0 Å². The first-order valence-corrected chi connectivity index (χ1v) is 9.49. The van der Waals surface area contributed by atoms with Crippen LogP contribution in [0, 0.1) is 5.92 Å². The second-order valence-electron chi connectivity index (χ2n) is 4.63. The number of esters is 1. The van der Waals surface area contributed by atoms with Crippen LogP contribution in [0.4, 0.5) is 0 Å². The molecule has 0 spiro atoms. The molecule has 1 aliphatic rings. The summed E-state index contributed by atoms with van der Waals surface area (Å²) < 4.78 is 29.1. The molecule has 2 atom stereocenters. The minimum absolute atomic E-state index is 0.141. The first-order valence-electron chi connectivity index (χ1n) is 6.62. The van der Waals surface area contributed by atoms with E-state index < -0.39 is 15.2 Å². The van der Waals surface area contributed by atoms with E-state index in [1.54, 1.807) is 32.5 Å². The zero-order valence-corrected chi connectivity index (χ0v) is 13.4. The Balaban J connectivity index is 2.70. The van der Waals surface area contributed by atoms with E-state index in [-0.39, 0.29) is 17.6 Å². The summed E-state index contributed by atoms with van der Waals surface area (Å²) in [5.41, 5.74) is 0. The number of rotatable bonds is 6. The van der Waals surface area contributed by atoms with E-state index in [1.165, 1.54) is 0 Å². The highest BCUT2D eigenvalue weighted by Crippen LogP contribution is 2.22. The van der Waals surface area contributed by atoms with Gasteiger partial charge >= 0.3 is 5.97 Å². The van der Waals surface area contributed by atoms with Gasteiger partial charge in [-0.1, -0.05) is 13.8 Å². The molecule has 7 heteroatoms. The van der Waals surface area contributed by atoms with E-state index in [1.807, 2.05) is 4.90 Å². The largest absolute Gasteiger partial charge is 0.466 e. The molecule has 0 saturated carbocycles. The number of ether oxygens (including phenoxy) is 1. The Morgan fingerprint density at radius 3 is 2.74 bits per heavy atom. The zero-order valence-electron chi connectivity index (χ0n) is 11.8. The Morgan fingerprint density at radius 1 is 1.47 bits per heavy atom. The Bertz CT molecular complexity index is 397. The van der Waals surface area contributed by atoms with E-state index in [2.05, 4.69) is 0 Å². The first kappa shape index (κ1) is 16.8. The molecule has 1 heterocycles. The van der Waals surface area contributed by atoms with Crippen molar-refractivity contribution in [2.24, 2.45) is 5.92 Å². The van der Waals surface area contributed by atoms with Gasteiger partial charge in [0.15, 0.2) is 9.84 Å². The molecule has 0 bridgehead atoms. The normalized spacial score (nSPS) is 23.0. The quantitative estimate of drug-likeness (QED) is 0.682. The van der Waals surface area contributed by atoms with Crippen LogP contribution in [0.2, 0.25) is 0 Å². The molecular formula is C12H23NO4S2. The smallest absolute Gasteiger partial charge is 0.309 e. The summed E-state index contributed by atoms with van der Waals surface area (Å²) in [6.45, 7) is 6.74. The van der Waals surface area contributed by atoms with Crippen molar-refractivity contribution in [2.75, 3.05) is 37.0 Å². The van der Waals surface area contributed by atoms with Crippen molar-refractivity contribution in [3.8, 4) is 0 Å². The second kappa shape index (κ2) is 7.50. The van der Waals surface area contributed by atoms with Gasteiger partial charge in [-0.05, 0) is 6.92 Å². The highest BCUT2D eigenvalue weighted by Gasteiger charge is 2.34. The SMILES string of the molecule is CCOC(=O)C(C)CN1CCSCC1S(=O)(=O)CC. The first-order chi connectivity index (χ1) is 8.92. The number of hydrogen-bond acceptors (Lipinski definition) is 6. The van der Waals surface area contributed by atoms with Crippen LogP contribution in [-0.2, 0) is 19.4 Å². The molecule has 0 radical (unpaired) electrons. The molecule has 19 heavy (non-hydrogen) atoms. The Kier molecular flexibility index (Phi) is 6.62. The molecule has 0 amide bonds. The number of carbonyl (C=O) groups is 1. The van der Waals surface area contributed by atoms with Crippen LogP contribution in [0.5, 0.6) is 0 Å². The molecule has 0 aromatic heterocycles. The maximum Gasteiger partial charge on any atom is 0.309 e. The standard InChI is InChI=1S/C12H23NO4S2/c1-4-17-12(14)10(3)8-13-6-7-18-9-11(13)19(15,16)5-2/h10-11H,4-9H2,1-3H3. The third kappa shape index (κ3) is 4.65. The van der Waals surface area contributed by atoms with Crippen LogP contribution in [0.15, 0.2) is 0 Å². The van der Waals surface area contributed by atoms with Gasteiger partial charge in [-0.25, -0.2) is 8.42 Å². The number of hydrogen-bond donors (Lipinski definition) is 0. The van der Waals surface area contributed by atoms with Gasteiger partial charge in [-0.3, -0.25) is 9.69 Å². The predicted octanol–water partition coefficient (Wildman–Crippen LogP) is 0.995. The highest BCUT2D eigenvalue weighted by molar-refractivity contribution is 8.01. The van der Waals surface area contributed by atoms with Crippen LogP contribution < -0.4 is 0 Å². The van der Waals surface area contributed by atoms with Gasteiger partial charge in [0.05, 0.1) is 12.5 Å². The Hall–Kier alpha value is -0.270. The summed E-state index contributed by atoms with van der Waals surface area (Å²) >= 11 is 1.66. The van der Waals surface area contributed by atoms with Crippen LogP contribution in [-0.4, -0.2) is 61.6 Å². The number of sulfone groups is 1. The van der Waals surface area contributed by atoms with Crippen LogP contribution in [0.3, 0.4) is 0 Å². The van der Waals surface area contributed by atoms with Crippen molar-refractivity contribution in [1.82, 2.24) is 4.90 Å². The van der Waals surface area contributed by atoms with E-state index >= 15 is 0 Å². The molecule has 5 nitrogen and oxygen atoms in total. The van der Waals surface area contributed by atoms with Gasteiger partial charge in [0, 0.05) is 30.3 Å². The lowest BCUT2D eigenvalue weighted by Crippen LogP contribution is -2.50. The predicted molar refractivity (Wildman–Crippen MR) is 77.9 cm³/mol. The fourth-order valence-corrected chi connectivity index (χ4v) is 5.15. The fraction of sp³-hybridized carbons (Fsp3) is 0.917. The van der Waals surface area contributed by atoms with Gasteiger partial charge in [0.25, 0.3) is 0 Å². The zero-order chi connectivity index (χ0) is 14.5. The van der Waals surface area contributed by atoms with Crippen molar-refractivity contribution >= 4 is 27.6 Å². The molecule has 112 valence electrons. The molecule has 0 aromatic carbocycles. The summed E-state index contributed by atoms with van der Waals surface area (Å²) in [5, 5.41) is -0.465. The molecule has 1 aliphatic heterocycles. The molecule has 0 N–H and O–H groups in total. The van der Waals surface area contributed by atoms with E-state index in [0.29, 0.717) is 25.4 Å². The summed E-state index contributed by atoms with van der Waals surface area (Å²) in [6, 6.07) is 0. The van der Waals surface area contributed by atoms with E-state index in [4.69, 9.17) is 4.74 Å². The lowest BCUT2D eigenvalue weighted by molar-refractivity contribution is -0.148. The lowest BCUT2D eigenvalue weighted by Gasteiger charge is -2.35. The third-order valence-electron chi connectivity index (χ3n) is 3.20. The van der Waals surface area contributed by atoms with Gasteiger partial charge in [-0.2, -0.15) is 11.8 Å². The topological polar surface area (TPSA) is 63.7 Å². The maximum absolute atomic E-state index is 12.1. The van der Waals surface area contributed by atoms with Gasteiger partial charge < -0.3 is 4.74 Å². The summed E-state index contributed by atoms with van der Waals surface area (Å²) in [6.07, 6.45) is 0. The van der Waals surface area contributed by atoms with Gasteiger partial charge in [0.2, 0.25) is 0 Å². The summed E-state index contributed by atoms with van der Waals surface area (Å²) in [5.74, 6) is 1.09. The minimum Gasteiger partial charge on any atom is -0.466 e. The van der Waals surface area contributed by atoms with Gasteiger partial charge in [-0.15, -0.1) is 0 Å². The number of carbonyl (C=O) groups excluding carboxylic acids is 1. The molecule has 1 fully saturated rings. The van der Waals surface area contributed by atoms with Crippen LogP contribution >= 0.6 is 11.8 Å². The number of nitrogens with zero attached hydrogens (tertiary/aromatic N) is 1. The van der Waals surface area contributed by atoms with Crippen LogP contribution in [0.25, 0.3) is 0 Å². The van der Waals surface area contributed by atoms with Crippen LogP contribution in [0.1, 0.15) is 20.8 Å². The number of thioether (sulfide) groups is 1. The second-order valence-corrected chi connectivity index (χ2v) is 8.23. The molecule has 1 saturated heterocycles. The molecule has 2 unspecified atom stereocenters. The fourth-order valence-electron chi connectivity index (χ4n) is 2.06. The minimum atomic E-state index is -3.10. The summed E-state index contributed by atoms with van der Waals surface area (Å²) in [4.78, 5) is 13.6. The Morgan fingerprint density at radius 2 is 2.16 bits per heavy atom. The van der Waals surface area contributed by atoms with E-state index in [9.17, 15) is 13.2 Å². The van der Waals surface area contributed by atoms with Crippen molar-refractivity contribution in [2.45, 2.75) is 26.1 Å². The summed E-state index contributed by atoms with van der Waals surface area (Å²) in [7, 11) is -3.10.